The van der Waals surface area contributed by atoms with E-state index >= 15 is 0 Å². The van der Waals surface area contributed by atoms with Crippen LogP contribution >= 0.6 is 0 Å². The van der Waals surface area contributed by atoms with E-state index in [1.54, 1.807) is 7.11 Å². The molecule has 0 spiro atoms. The number of methoxy groups -OCH3 is 1. The maximum Gasteiger partial charge on any atom is 0.120 e. The van der Waals surface area contributed by atoms with Gasteiger partial charge in [-0.15, -0.1) is 0 Å². The molecule has 1 aliphatic carbocycles. The molecule has 0 unspecified atom stereocenters. The average Bonchev–Trinajstić information content (AvgIpc) is 3.25. The number of rotatable bonds is 11. The van der Waals surface area contributed by atoms with Crippen LogP contribution in [0, 0.1) is 5.41 Å². The maximum atomic E-state index is 9.79. The van der Waals surface area contributed by atoms with Gasteiger partial charge in [0.05, 0.1) is 12.9 Å². The summed E-state index contributed by atoms with van der Waals surface area (Å²) in [5.74, 6) is 2.75. The second kappa shape index (κ2) is 11.9. The van der Waals surface area contributed by atoms with Crippen LogP contribution in [-0.2, 0) is 6.61 Å². The van der Waals surface area contributed by atoms with Crippen molar-refractivity contribution in [2.24, 2.45) is 5.41 Å². The lowest BCUT2D eigenvalue weighted by atomic mass is 9.75. The lowest BCUT2D eigenvalue weighted by Gasteiger charge is -2.30. The third kappa shape index (κ3) is 6.57. The minimum absolute atomic E-state index is 0.239. The number of allylic oxidation sites excluding steroid dienone is 1. The van der Waals surface area contributed by atoms with Crippen LogP contribution in [0.15, 0.2) is 79.1 Å². The molecule has 0 aromatic heterocycles. The number of aliphatic hydroxyl groups excluding tert-OH is 1. The van der Waals surface area contributed by atoms with Gasteiger partial charge in [0.25, 0.3) is 0 Å². The molecule has 1 saturated carbocycles. The second-order valence-corrected chi connectivity index (χ2v) is 11.2. The van der Waals surface area contributed by atoms with Crippen LogP contribution in [0.1, 0.15) is 87.8 Å². The summed E-state index contributed by atoms with van der Waals surface area (Å²) in [6.07, 6.45) is 6.39. The lowest BCUT2D eigenvalue weighted by molar-refractivity contribution is 0.304. The highest BCUT2D eigenvalue weighted by molar-refractivity contribution is 5.70. The number of aliphatic hydroxyl groups is 1. The van der Waals surface area contributed by atoms with E-state index in [4.69, 9.17) is 9.47 Å². The Labute approximate surface area is 223 Å². The Balaban J connectivity index is 1.60. The molecule has 0 amide bonds. The number of hydrogen-bond acceptors (Lipinski definition) is 3. The third-order valence-corrected chi connectivity index (χ3v) is 7.98. The average molecular weight is 499 g/mol. The molecule has 1 fully saturated rings. The quantitative estimate of drug-likeness (QED) is 0.267. The predicted octanol–water partition coefficient (Wildman–Crippen LogP) is 9.58. The van der Waals surface area contributed by atoms with Crippen molar-refractivity contribution < 1.29 is 14.6 Å². The fourth-order valence-electron chi connectivity index (χ4n) is 5.99. The summed E-state index contributed by atoms with van der Waals surface area (Å²) >= 11 is 0. The first kappa shape index (κ1) is 26.9. The summed E-state index contributed by atoms with van der Waals surface area (Å²) in [5.41, 5.74) is 6.54. The highest BCUT2D eigenvalue weighted by atomic mass is 16.5. The molecule has 3 nitrogen and oxygen atoms in total. The first-order chi connectivity index (χ1) is 17.8. The van der Waals surface area contributed by atoms with Gasteiger partial charge in [-0.25, -0.2) is 0 Å². The van der Waals surface area contributed by atoms with E-state index in [1.165, 1.54) is 47.1 Å². The van der Waals surface area contributed by atoms with E-state index in [0.29, 0.717) is 18.9 Å². The lowest BCUT2D eigenvalue weighted by Crippen LogP contribution is -2.16. The summed E-state index contributed by atoms with van der Waals surface area (Å²) in [5, 5.41) is 9.79. The van der Waals surface area contributed by atoms with Gasteiger partial charge in [-0.2, -0.15) is 0 Å². The zero-order valence-electron chi connectivity index (χ0n) is 22.9. The molecular formula is C34H42O3. The highest BCUT2D eigenvalue weighted by Crippen LogP contribution is 2.51. The zero-order valence-corrected chi connectivity index (χ0v) is 22.9. The summed E-state index contributed by atoms with van der Waals surface area (Å²) < 4.78 is 11.8. The van der Waals surface area contributed by atoms with Crippen molar-refractivity contribution in [2.75, 3.05) is 7.11 Å². The number of ether oxygens (including phenoxy) is 2. The van der Waals surface area contributed by atoms with Crippen LogP contribution < -0.4 is 9.47 Å². The van der Waals surface area contributed by atoms with Crippen LogP contribution in [0.2, 0.25) is 0 Å². The molecule has 37 heavy (non-hydrogen) atoms. The number of hydrogen-bond donors (Lipinski definition) is 1. The third-order valence-electron chi connectivity index (χ3n) is 7.98. The van der Waals surface area contributed by atoms with Gasteiger partial charge in [-0.05, 0) is 88.6 Å². The van der Waals surface area contributed by atoms with E-state index in [2.05, 4.69) is 75.9 Å². The predicted molar refractivity (Wildman–Crippen MR) is 154 cm³/mol. The minimum atomic E-state index is 0.239. The Kier molecular flexibility index (Phi) is 8.63. The summed E-state index contributed by atoms with van der Waals surface area (Å²) in [6.45, 7) is 11.2. The van der Waals surface area contributed by atoms with Crippen LogP contribution in [0.25, 0.3) is 11.1 Å². The fourth-order valence-corrected chi connectivity index (χ4v) is 5.99. The molecule has 3 aromatic carbocycles. The zero-order chi connectivity index (χ0) is 26.4. The normalized spacial score (nSPS) is 17.4. The van der Waals surface area contributed by atoms with Crippen molar-refractivity contribution in [1.82, 2.24) is 0 Å². The fraction of sp³-hybridized carbons (Fsp3) is 0.412. The first-order valence-electron chi connectivity index (χ1n) is 13.7. The molecule has 196 valence electrons. The Morgan fingerprint density at radius 2 is 1.84 bits per heavy atom. The van der Waals surface area contributed by atoms with Gasteiger partial charge in [0, 0.05) is 6.42 Å². The topological polar surface area (TPSA) is 38.7 Å². The van der Waals surface area contributed by atoms with E-state index in [1.807, 2.05) is 18.2 Å². The molecule has 0 radical (unpaired) electrons. The van der Waals surface area contributed by atoms with Gasteiger partial charge >= 0.3 is 0 Å². The summed E-state index contributed by atoms with van der Waals surface area (Å²) in [6, 6.07) is 23.5. The molecule has 0 heterocycles. The van der Waals surface area contributed by atoms with Gasteiger partial charge in [-0.1, -0.05) is 82.7 Å². The SMILES string of the molecule is C=C(O)C[C@H](CCC)c1cccc(OCc2ccc(-c3cccc(OC)c3)c([C@@H]3CCCC3(C)C)c2)c1. The Hall–Kier alpha value is -3.20. The molecular weight excluding hydrogens is 456 g/mol. The largest absolute Gasteiger partial charge is 0.513 e. The van der Waals surface area contributed by atoms with Gasteiger partial charge in [0.1, 0.15) is 18.1 Å². The van der Waals surface area contributed by atoms with Gasteiger partial charge in [0.2, 0.25) is 0 Å². The first-order valence-corrected chi connectivity index (χ1v) is 13.7. The van der Waals surface area contributed by atoms with E-state index in [0.717, 1.165) is 24.3 Å². The molecule has 3 heteroatoms. The molecule has 0 bridgehead atoms. The van der Waals surface area contributed by atoms with Crippen molar-refractivity contribution in [3.05, 3.63) is 95.8 Å². The van der Waals surface area contributed by atoms with Crippen molar-refractivity contribution >= 4 is 0 Å². The van der Waals surface area contributed by atoms with E-state index in [9.17, 15) is 5.11 Å². The van der Waals surface area contributed by atoms with Crippen molar-refractivity contribution in [3.63, 3.8) is 0 Å². The molecule has 4 rings (SSSR count). The van der Waals surface area contributed by atoms with Gasteiger partial charge in [0.15, 0.2) is 0 Å². The summed E-state index contributed by atoms with van der Waals surface area (Å²) in [7, 11) is 1.72. The molecule has 1 aliphatic rings. The Morgan fingerprint density at radius 1 is 1.05 bits per heavy atom. The van der Waals surface area contributed by atoms with Gasteiger partial charge in [-0.3, -0.25) is 0 Å². The Bertz CT molecular complexity index is 1210. The summed E-state index contributed by atoms with van der Waals surface area (Å²) in [4.78, 5) is 0. The van der Waals surface area contributed by atoms with Crippen LogP contribution in [-0.4, -0.2) is 12.2 Å². The van der Waals surface area contributed by atoms with Crippen LogP contribution in [0.5, 0.6) is 11.5 Å². The van der Waals surface area contributed by atoms with Crippen LogP contribution in [0.4, 0.5) is 0 Å². The van der Waals surface area contributed by atoms with Crippen molar-refractivity contribution in [2.45, 2.75) is 77.7 Å². The molecule has 0 saturated heterocycles. The standard InChI is InChI=1S/C34H42O3/c1-6-10-26(19-24(2)35)27-11-7-14-30(21-27)37-23-25-16-17-31(28-12-8-13-29(22-28)36-5)32(20-25)33-15-9-18-34(33,3)4/h7-8,11-14,16-17,20-22,26,33,35H,2,6,9-10,15,18-19,23H2,1,3-5H3/t26-,33-/m0/s1. The molecule has 0 aliphatic heterocycles. The minimum Gasteiger partial charge on any atom is -0.513 e. The smallest absolute Gasteiger partial charge is 0.120 e. The highest BCUT2D eigenvalue weighted by Gasteiger charge is 2.36. The monoisotopic (exact) mass is 498 g/mol. The maximum absolute atomic E-state index is 9.79. The Morgan fingerprint density at radius 3 is 2.54 bits per heavy atom. The van der Waals surface area contributed by atoms with E-state index in [-0.39, 0.29) is 17.1 Å². The molecule has 3 aromatic rings. The molecule has 2 atom stereocenters. The van der Waals surface area contributed by atoms with E-state index < -0.39 is 0 Å². The van der Waals surface area contributed by atoms with Crippen molar-refractivity contribution in [3.8, 4) is 22.6 Å². The van der Waals surface area contributed by atoms with Gasteiger partial charge < -0.3 is 14.6 Å². The second-order valence-electron chi connectivity index (χ2n) is 11.2. The number of benzene rings is 3. The van der Waals surface area contributed by atoms with Crippen LogP contribution in [0.3, 0.4) is 0 Å². The van der Waals surface area contributed by atoms with Crippen molar-refractivity contribution in [1.29, 1.82) is 0 Å². The molecule has 1 N–H and O–H groups in total.